The van der Waals surface area contributed by atoms with Gasteiger partial charge in [0.05, 0.1) is 0 Å². The first-order valence-electron chi connectivity index (χ1n) is 6.20. The minimum absolute atomic E-state index is 0.153. The number of fused-ring (bicyclic) bond motifs is 1. The summed E-state index contributed by atoms with van der Waals surface area (Å²) < 4.78 is 3.03. The second-order valence-electron chi connectivity index (χ2n) is 4.31. The van der Waals surface area contributed by atoms with Crippen molar-refractivity contribution in [3.63, 3.8) is 0 Å². The molecule has 3 aromatic rings. The minimum Gasteiger partial charge on any atom is -0.329 e. The SMILES string of the molecule is NCC(Sc1nnc2ccccn12)c1cccc(Br)c1. The molecule has 0 bridgehead atoms. The van der Waals surface area contributed by atoms with Gasteiger partial charge in [-0.05, 0) is 29.8 Å². The fourth-order valence-electron chi connectivity index (χ4n) is 1.99. The highest BCUT2D eigenvalue weighted by Crippen LogP contribution is 2.34. The Kier molecular flexibility index (Phi) is 4.05. The van der Waals surface area contributed by atoms with Gasteiger partial charge in [0.2, 0.25) is 0 Å². The Balaban J connectivity index is 1.92. The van der Waals surface area contributed by atoms with Gasteiger partial charge in [-0.1, -0.05) is 45.9 Å². The van der Waals surface area contributed by atoms with Crippen molar-refractivity contribution >= 4 is 33.3 Å². The molecule has 0 radical (unpaired) electrons. The minimum atomic E-state index is 0.153. The molecular weight excluding hydrogens is 336 g/mol. The van der Waals surface area contributed by atoms with Crippen molar-refractivity contribution in [2.75, 3.05) is 6.54 Å². The summed E-state index contributed by atoms with van der Waals surface area (Å²) in [4.78, 5) is 0. The van der Waals surface area contributed by atoms with Crippen LogP contribution in [0.2, 0.25) is 0 Å². The van der Waals surface area contributed by atoms with Crippen molar-refractivity contribution in [1.82, 2.24) is 14.6 Å². The summed E-state index contributed by atoms with van der Waals surface area (Å²) in [6.07, 6.45) is 1.96. The van der Waals surface area contributed by atoms with Gasteiger partial charge in [-0.2, -0.15) is 0 Å². The lowest BCUT2D eigenvalue weighted by molar-refractivity contribution is 0.887. The topological polar surface area (TPSA) is 56.2 Å². The van der Waals surface area contributed by atoms with Crippen molar-refractivity contribution in [2.45, 2.75) is 10.4 Å². The van der Waals surface area contributed by atoms with E-state index in [0.29, 0.717) is 6.54 Å². The van der Waals surface area contributed by atoms with E-state index in [9.17, 15) is 0 Å². The van der Waals surface area contributed by atoms with Gasteiger partial charge in [0.1, 0.15) is 0 Å². The van der Waals surface area contributed by atoms with E-state index >= 15 is 0 Å². The zero-order valence-corrected chi connectivity index (χ0v) is 13.0. The Morgan fingerprint density at radius 1 is 1.20 bits per heavy atom. The molecule has 0 aliphatic heterocycles. The Hall–Kier alpha value is -1.37. The van der Waals surface area contributed by atoms with Crippen LogP contribution in [0.15, 0.2) is 58.3 Å². The summed E-state index contributed by atoms with van der Waals surface area (Å²) in [6, 6.07) is 14.1. The van der Waals surface area contributed by atoms with Crippen molar-refractivity contribution in [2.24, 2.45) is 5.73 Å². The van der Waals surface area contributed by atoms with Crippen LogP contribution in [0.3, 0.4) is 0 Å². The van der Waals surface area contributed by atoms with E-state index in [1.807, 2.05) is 40.9 Å². The molecule has 0 aliphatic rings. The summed E-state index contributed by atoms with van der Waals surface area (Å²) in [5.74, 6) is 0. The van der Waals surface area contributed by atoms with E-state index in [1.165, 1.54) is 5.56 Å². The Labute approximate surface area is 129 Å². The van der Waals surface area contributed by atoms with E-state index in [-0.39, 0.29) is 5.25 Å². The van der Waals surface area contributed by atoms with E-state index in [4.69, 9.17) is 5.73 Å². The highest BCUT2D eigenvalue weighted by atomic mass is 79.9. The van der Waals surface area contributed by atoms with Crippen LogP contribution in [-0.2, 0) is 0 Å². The molecule has 4 nitrogen and oxygen atoms in total. The molecule has 2 N–H and O–H groups in total. The maximum atomic E-state index is 5.92. The van der Waals surface area contributed by atoms with Gasteiger partial charge in [0.15, 0.2) is 10.8 Å². The fourth-order valence-corrected chi connectivity index (χ4v) is 3.39. The molecule has 0 spiro atoms. The molecule has 0 fully saturated rings. The molecule has 0 aliphatic carbocycles. The van der Waals surface area contributed by atoms with Crippen molar-refractivity contribution in [1.29, 1.82) is 0 Å². The summed E-state index contributed by atoms with van der Waals surface area (Å²) >= 11 is 5.12. The van der Waals surface area contributed by atoms with Crippen LogP contribution >= 0.6 is 27.7 Å². The molecule has 1 unspecified atom stereocenters. The molecular formula is C14H13BrN4S. The van der Waals surface area contributed by atoms with E-state index in [1.54, 1.807) is 11.8 Å². The van der Waals surface area contributed by atoms with Crippen molar-refractivity contribution in [3.05, 3.63) is 58.7 Å². The van der Waals surface area contributed by atoms with Crippen LogP contribution in [-0.4, -0.2) is 21.1 Å². The first-order chi connectivity index (χ1) is 9.78. The Morgan fingerprint density at radius 3 is 2.90 bits per heavy atom. The number of benzene rings is 1. The summed E-state index contributed by atoms with van der Waals surface area (Å²) in [7, 11) is 0. The third-order valence-corrected chi connectivity index (χ3v) is 4.70. The summed E-state index contributed by atoms with van der Waals surface area (Å²) in [5.41, 5.74) is 7.95. The number of rotatable bonds is 4. The number of hydrogen-bond donors (Lipinski definition) is 1. The Bertz CT molecular complexity index is 728. The first-order valence-corrected chi connectivity index (χ1v) is 7.87. The summed E-state index contributed by atoms with van der Waals surface area (Å²) in [6.45, 7) is 0.545. The first kappa shape index (κ1) is 13.6. The molecule has 1 aromatic carbocycles. The van der Waals surface area contributed by atoms with Crippen molar-refractivity contribution in [3.8, 4) is 0 Å². The van der Waals surface area contributed by atoms with Gasteiger partial charge in [0, 0.05) is 22.5 Å². The maximum absolute atomic E-state index is 5.92. The lowest BCUT2D eigenvalue weighted by Crippen LogP contribution is -2.10. The van der Waals surface area contributed by atoms with Gasteiger partial charge < -0.3 is 5.73 Å². The number of halogens is 1. The normalized spacial score (nSPS) is 12.7. The van der Waals surface area contributed by atoms with Crippen LogP contribution in [0.1, 0.15) is 10.8 Å². The van der Waals surface area contributed by atoms with Gasteiger partial charge in [-0.3, -0.25) is 4.40 Å². The Morgan fingerprint density at radius 2 is 2.10 bits per heavy atom. The zero-order chi connectivity index (χ0) is 13.9. The fraction of sp³-hybridized carbons (Fsp3) is 0.143. The molecule has 102 valence electrons. The van der Waals surface area contributed by atoms with Gasteiger partial charge in [-0.25, -0.2) is 0 Å². The van der Waals surface area contributed by atoms with Crippen LogP contribution in [0, 0.1) is 0 Å². The van der Waals surface area contributed by atoms with Gasteiger partial charge >= 0.3 is 0 Å². The number of hydrogen-bond acceptors (Lipinski definition) is 4. The molecule has 0 saturated carbocycles. The number of nitrogens with zero attached hydrogens (tertiary/aromatic N) is 3. The highest BCUT2D eigenvalue weighted by Gasteiger charge is 2.15. The predicted molar refractivity (Wildman–Crippen MR) is 84.8 cm³/mol. The van der Waals surface area contributed by atoms with Crippen LogP contribution < -0.4 is 5.73 Å². The van der Waals surface area contributed by atoms with Crippen LogP contribution in [0.5, 0.6) is 0 Å². The highest BCUT2D eigenvalue weighted by molar-refractivity contribution is 9.10. The van der Waals surface area contributed by atoms with Crippen LogP contribution in [0.4, 0.5) is 0 Å². The number of thioether (sulfide) groups is 1. The molecule has 6 heteroatoms. The smallest absolute Gasteiger partial charge is 0.196 e. The van der Waals surface area contributed by atoms with Gasteiger partial charge in [-0.15, -0.1) is 10.2 Å². The molecule has 0 saturated heterocycles. The van der Waals surface area contributed by atoms with Crippen LogP contribution in [0.25, 0.3) is 5.65 Å². The third-order valence-electron chi connectivity index (χ3n) is 2.96. The largest absolute Gasteiger partial charge is 0.329 e. The third kappa shape index (κ3) is 2.72. The second kappa shape index (κ2) is 5.95. The predicted octanol–water partition coefficient (Wildman–Crippen LogP) is 3.28. The van der Waals surface area contributed by atoms with Gasteiger partial charge in [0.25, 0.3) is 0 Å². The van der Waals surface area contributed by atoms with E-state index in [2.05, 4.69) is 38.3 Å². The van der Waals surface area contributed by atoms with E-state index < -0.39 is 0 Å². The standard InChI is InChI=1S/C14H13BrN4S/c15-11-5-3-4-10(8-11)12(9-16)20-14-18-17-13-6-1-2-7-19(13)14/h1-8,12H,9,16H2. The molecule has 1 atom stereocenters. The lowest BCUT2D eigenvalue weighted by Gasteiger charge is -2.13. The quantitative estimate of drug-likeness (QED) is 0.735. The lowest BCUT2D eigenvalue weighted by atomic mass is 10.1. The monoisotopic (exact) mass is 348 g/mol. The average molecular weight is 349 g/mol. The second-order valence-corrected chi connectivity index (χ2v) is 6.39. The number of pyridine rings is 1. The summed E-state index contributed by atoms with van der Waals surface area (Å²) in [5, 5.41) is 9.41. The molecule has 3 rings (SSSR count). The molecule has 20 heavy (non-hydrogen) atoms. The molecule has 2 heterocycles. The van der Waals surface area contributed by atoms with E-state index in [0.717, 1.165) is 15.3 Å². The van der Waals surface area contributed by atoms with Crippen molar-refractivity contribution < 1.29 is 0 Å². The average Bonchev–Trinajstić information content (AvgIpc) is 2.88. The molecule has 0 amide bonds. The maximum Gasteiger partial charge on any atom is 0.196 e. The number of aromatic nitrogens is 3. The zero-order valence-electron chi connectivity index (χ0n) is 10.6. The molecule has 2 aromatic heterocycles. The number of nitrogens with two attached hydrogens (primary N) is 1.